The average Bonchev–Trinajstić information content (AvgIpc) is 2.57. The van der Waals surface area contributed by atoms with Crippen LogP contribution in [0.5, 0.6) is 5.75 Å². The van der Waals surface area contributed by atoms with Crippen LogP contribution in [0.3, 0.4) is 0 Å². The smallest absolute Gasteiger partial charge is 0.250 e. The number of hydrogen-bond donors (Lipinski definition) is 5. The van der Waals surface area contributed by atoms with Gasteiger partial charge in [0.2, 0.25) is 0 Å². The van der Waals surface area contributed by atoms with Crippen LogP contribution in [-0.2, 0) is 0 Å². The van der Waals surface area contributed by atoms with E-state index in [0.717, 1.165) is 11.1 Å². The first-order valence-corrected chi connectivity index (χ1v) is 7.65. The second kappa shape index (κ2) is 7.00. The lowest BCUT2D eigenvalue weighted by Gasteiger charge is -2.17. The molecule has 130 valence electrons. The van der Waals surface area contributed by atoms with E-state index in [9.17, 15) is 9.90 Å². The number of rotatable bonds is 4. The predicted molar refractivity (Wildman–Crippen MR) is 101 cm³/mol. The van der Waals surface area contributed by atoms with Crippen molar-refractivity contribution in [1.82, 2.24) is 0 Å². The first-order valence-electron chi connectivity index (χ1n) is 7.65. The Labute approximate surface area is 146 Å². The van der Waals surface area contributed by atoms with Gasteiger partial charge >= 0.3 is 0 Å². The van der Waals surface area contributed by atoms with Crippen molar-refractivity contribution in [3.8, 4) is 16.9 Å². The molecular weight excluding hydrogens is 316 g/mol. The molecule has 0 aliphatic carbocycles. The number of hydrogen-bond acceptors (Lipinski definition) is 5. The summed E-state index contributed by atoms with van der Waals surface area (Å²) in [6, 6.07) is 6.78. The summed E-state index contributed by atoms with van der Waals surface area (Å²) in [5.74, 6) is -0.508. The highest BCUT2D eigenvalue weighted by atomic mass is 16.3. The average molecular weight is 338 g/mol. The van der Waals surface area contributed by atoms with Gasteiger partial charge in [-0.25, -0.2) is 0 Å². The lowest BCUT2D eigenvalue weighted by molar-refractivity contribution is 0.100. The summed E-state index contributed by atoms with van der Waals surface area (Å²) in [6.07, 6.45) is 4.34. The van der Waals surface area contributed by atoms with Crippen LogP contribution < -0.4 is 22.9 Å². The van der Waals surface area contributed by atoms with Crippen molar-refractivity contribution < 1.29 is 9.90 Å². The van der Waals surface area contributed by atoms with Gasteiger partial charge in [0.1, 0.15) is 5.75 Å². The van der Waals surface area contributed by atoms with Crippen molar-refractivity contribution in [2.24, 2.45) is 17.2 Å². The van der Waals surface area contributed by atoms with Crippen LogP contribution in [0.2, 0.25) is 0 Å². The number of phenols is 1. The maximum absolute atomic E-state index is 11.9. The van der Waals surface area contributed by atoms with Crippen molar-refractivity contribution in [2.75, 3.05) is 5.73 Å². The van der Waals surface area contributed by atoms with E-state index in [1.54, 1.807) is 37.3 Å². The Bertz CT molecular complexity index is 899. The van der Waals surface area contributed by atoms with E-state index in [1.807, 2.05) is 6.92 Å². The Kier molecular flexibility index (Phi) is 5.02. The first-order chi connectivity index (χ1) is 11.8. The molecule has 25 heavy (non-hydrogen) atoms. The highest BCUT2D eigenvalue weighted by molar-refractivity contribution is 6.03. The van der Waals surface area contributed by atoms with E-state index >= 15 is 0 Å². The van der Waals surface area contributed by atoms with E-state index in [-0.39, 0.29) is 17.0 Å². The number of allylic oxidation sites excluding steroid dienone is 2. The summed E-state index contributed by atoms with van der Waals surface area (Å²) < 4.78 is 0. The number of nitrogen functional groups attached to an aromatic ring is 1. The Morgan fingerprint density at radius 2 is 1.84 bits per heavy atom. The SMILES string of the molecule is Cc1ccc(O)c(C)c1-c1cc(C(/C=C\N)=C/N)cc(C(N)=O)c1N. The molecule has 2 aromatic carbocycles. The quantitative estimate of drug-likeness (QED) is 0.429. The zero-order valence-corrected chi connectivity index (χ0v) is 14.2. The Morgan fingerprint density at radius 1 is 1.16 bits per heavy atom. The number of amides is 1. The van der Waals surface area contributed by atoms with Gasteiger partial charge in [-0.3, -0.25) is 4.79 Å². The zero-order valence-electron chi connectivity index (χ0n) is 14.2. The van der Waals surface area contributed by atoms with Gasteiger partial charge < -0.3 is 28.0 Å². The van der Waals surface area contributed by atoms with Crippen LogP contribution >= 0.6 is 0 Å². The van der Waals surface area contributed by atoms with Crippen LogP contribution in [-0.4, -0.2) is 11.0 Å². The standard InChI is InChI=1S/C19H22N4O2/c1-10-3-4-16(24)11(2)17(10)14-7-13(12(9-21)5-6-20)8-15(18(14)22)19(23)25/h3-9,24H,20-22H2,1-2H3,(H2,23,25)/b6-5-,12-9+. The number of carbonyl (C=O) groups excluding carboxylic acids is 1. The molecule has 1 amide bonds. The highest BCUT2D eigenvalue weighted by Crippen LogP contribution is 2.38. The maximum Gasteiger partial charge on any atom is 0.250 e. The number of aromatic hydroxyl groups is 1. The molecule has 0 saturated heterocycles. The highest BCUT2D eigenvalue weighted by Gasteiger charge is 2.18. The molecule has 0 heterocycles. The van der Waals surface area contributed by atoms with Crippen molar-refractivity contribution >= 4 is 17.2 Å². The molecule has 6 heteroatoms. The molecule has 0 bridgehead atoms. The van der Waals surface area contributed by atoms with Gasteiger partial charge in [0, 0.05) is 11.8 Å². The maximum atomic E-state index is 11.9. The zero-order chi connectivity index (χ0) is 18.7. The number of benzene rings is 2. The first kappa shape index (κ1) is 17.9. The third-order valence-electron chi connectivity index (χ3n) is 4.15. The van der Waals surface area contributed by atoms with Crippen LogP contribution in [0.25, 0.3) is 16.7 Å². The third kappa shape index (κ3) is 3.28. The molecule has 2 rings (SSSR count). The molecule has 0 aliphatic rings. The number of anilines is 1. The second-order valence-electron chi connectivity index (χ2n) is 5.73. The van der Waals surface area contributed by atoms with Crippen molar-refractivity contribution in [2.45, 2.75) is 13.8 Å². The number of primary amides is 1. The number of aryl methyl sites for hydroxylation is 1. The Balaban J connectivity index is 2.89. The van der Waals surface area contributed by atoms with E-state index in [0.29, 0.717) is 22.3 Å². The predicted octanol–water partition coefficient (Wildman–Crippen LogP) is 2.13. The fourth-order valence-corrected chi connectivity index (χ4v) is 2.83. The van der Waals surface area contributed by atoms with Gasteiger partial charge in [0.05, 0.1) is 11.3 Å². The summed E-state index contributed by atoms with van der Waals surface area (Å²) in [5.41, 5.74) is 27.4. The molecule has 2 aromatic rings. The van der Waals surface area contributed by atoms with Crippen LogP contribution in [0.1, 0.15) is 27.0 Å². The van der Waals surface area contributed by atoms with E-state index in [4.69, 9.17) is 22.9 Å². The molecule has 0 spiro atoms. The summed E-state index contributed by atoms with van der Waals surface area (Å²) in [5, 5.41) is 10.1. The van der Waals surface area contributed by atoms with Gasteiger partial charge in [-0.1, -0.05) is 6.07 Å². The Hall–Kier alpha value is -3.41. The van der Waals surface area contributed by atoms with Gasteiger partial charge in [0.25, 0.3) is 5.91 Å². The van der Waals surface area contributed by atoms with E-state index in [2.05, 4.69) is 0 Å². The number of phenolic OH excluding ortho intramolecular Hbond substituents is 1. The van der Waals surface area contributed by atoms with Crippen LogP contribution in [0.4, 0.5) is 5.69 Å². The van der Waals surface area contributed by atoms with Crippen molar-refractivity contribution in [1.29, 1.82) is 0 Å². The fraction of sp³-hybridized carbons (Fsp3) is 0.105. The van der Waals surface area contributed by atoms with E-state index in [1.165, 1.54) is 12.4 Å². The fourth-order valence-electron chi connectivity index (χ4n) is 2.83. The third-order valence-corrected chi connectivity index (χ3v) is 4.15. The Morgan fingerprint density at radius 3 is 2.40 bits per heavy atom. The molecular formula is C19H22N4O2. The van der Waals surface area contributed by atoms with Gasteiger partial charge in [-0.15, -0.1) is 0 Å². The largest absolute Gasteiger partial charge is 0.508 e. The van der Waals surface area contributed by atoms with Crippen molar-refractivity contribution in [3.05, 3.63) is 65.0 Å². The summed E-state index contributed by atoms with van der Waals surface area (Å²) >= 11 is 0. The number of nitrogens with two attached hydrogens (primary N) is 4. The normalized spacial score (nSPS) is 11.8. The van der Waals surface area contributed by atoms with Crippen LogP contribution in [0.15, 0.2) is 42.7 Å². The minimum absolute atomic E-state index is 0.141. The topological polar surface area (TPSA) is 141 Å². The summed E-state index contributed by atoms with van der Waals surface area (Å²) in [7, 11) is 0. The molecule has 9 N–H and O–H groups in total. The minimum atomic E-state index is -0.649. The molecule has 0 fully saturated rings. The molecule has 6 nitrogen and oxygen atoms in total. The van der Waals surface area contributed by atoms with Gasteiger partial charge in [0.15, 0.2) is 0 Å². The molecule has 0 aliphatic heterocycles. The molecule has 0 atom stereocenters. The lowest BCUT2D eigenvalue weighted by atomic mass is 9.89. The second-order valence-corrected chi connectivity index (χ2v) is 5.73. The minimum Gasteiger partial charge on any atom is -0.508 e. The molecule has 0 aromatic heterocycles. The lowest BCUT2D eigenvalue weighted by Crippen LogP contribution is -2.15. The summed E-state index contributed by atoms with van der Waals surface area (Å²) in [6.45, 7) is 3.69. The van der Waals surface area contributed by atoms with Crippen LogP contribution in [0, 0.1) is 13.8 Å². The molecule has 0 unspecified atom stereocenters. The van der Waals surface area contributed by atoms with Gasteiger partial charge in [-0.2, -0.15) is 0 Å². The monoisotopic (exact) mass is 338 g/mol. The molecule has 0 saturated carbocycles. The van der Waals surface area contributed by atoms with E-state index < -0.39 is 5.91 Å². The molecule has 0 radical (unpaired) electrons. The number of carbonyl (C=O) groups is 1. The van der Waals surface area contributed by atoms with Crippen molar-refractivity contribution in [3.63, 3.8) is 0 Å². The summed E-state index contributed by atoms with van der Waals surface area (Å²) in [4.78, 5) is 11.9. The van der Waals surface area contributed by atoms with Gasteiger partial charge in [-0.05, 0) is 72.1 Å².